The zero-order valence-electron chi connectivity index (χ0n) is 11.5. The molecule has 0 aromatic heterocycles. The Bertz CT molecular complexity index is 392. The maximum absolute atomic E-state index is 3.56. The average Bonchev–Trinajstić information content (AvgIpc) is 2.78. The van der Waals surface area contributed by atoms with E-state index in [0.717, 1.165) is 6.54 Å². The number of nitrogens with one attached hydrogen (secondary N) is 1. The SMILES string of the molecule is Cc1ccc(N(C)CC2CCCN2)c(C)c1C. The van der Waals surface area contributed by atoms with Crippen LogP contribution in [0.3, 0.4) is 0 Å². The number of anilines is 1. The Labute approximate surface area is 105 Å². The summed E-state index contributed by atoms with van der Waals surface area (Å²) in [5.41, 5.74) is 5.61. The highest BCUT2D eigenvalue weighted by Crippen LogP contribution is 2.25. The Morgan fingerprint density at radius 1 is 1.24 bits per heavy atom. The van der Waals surface area contributed by atoms with Crippen LogP contribution in [0, 0.1) is 20.8 Å². The predicted molar refractivity (Wildman–Crippen MR) is 74.9 cm³/mol. The molecule has 0 bridgehead atoms. The molecule has 1 fully saturated rings. The molecule has 1 N–H and O–H groups in total. The van der Waals surface area contributed by atoms with E-state index in [2.05, 4.69) is 50.2 Å². The molecule has 1 atom stereocenters. The van der Waals surface area contributed by atoms with Crippen molar-refractivity contribution in [3.05, 3.63) is 28.8 Å². The van der Waals surface area contributed by atoms with Gasteiger partial charge in [-0.05, 0) is 62.9 Å². The van der Waals surface area contributed by atoms with E-state index in [9.17, 15) is 0 Å². The van der Waals surface area contributed by atoms with E-state index in [0.29, 0.717) is 6.04 Å². The van der Waals surface area contributed by atoms with Gasteiger partial charge in [-0.3, -0.25) is 0 Å². The third-order valence-electron chi connectivity index (χ3n) is 4.10. The van der Waals surface area contributed by atoms with Gasteiger partial charge in [-0.1, -0.05) is 6.07 Å². The Balaban J connectivity index is 2.13. The van der Waals surface area contributed by atoms with Gasteiger partial charge in [0.2, 0.25) is 0 Å². The van der Waals surface area contributed by atoms with Crippen LogP contribution in [0.4, 0.5) is 5.69 Å². The monoisotopic (exact) mass is 232 g/mol. The topological polar surface area (TPSA) is 15.3 Å². The van der Waals surface area contributed by atoms with Crippen LogP contribution >= 0.6 is 0 Å². The van der Waals surface area contributed by atoms with Crippen molar-refractivity contribution in [1.29, 1.82) is 0 Å². The molecule has 0 amide bonds. The highest BCUT2D eigenvalue weighted by molar-refractivity contribution is 5.57. The van der Waals surface area contributed by atoms with Gasteiger partial charge in [-0.25, -0.2) is 0 Å². The van der Waals surface area contributed by atoms with Gasteiger partial charge in [0.1, 0.15) is 0 Å². The van der Waals surface area contributed by atoms with E-state index in [1.807, 2.05) is 0 Å². The molecule has 1 aliphatic rings. The summed E-state index contributed by atoms with van der Waals surface area (Å²) in [5.74, 6) is 0. The first-order valence-electron chi connectivity index (χ1n) is 6.61. The lowest BCUT2D eigenvalue weighted by atomic mass is 10.0. The molecule has 2 heteroatoms. The average molecular weight is 232 g/mol. The highest BCUT2D eigenvalue weighted by Gasteiger charge is 2.17. The fourth-order valence-corrected chi connectivity index (χ4v) is 2.70. The number of likely N-dealkylation sites (N-methyl/N-ethyl adjacent to an activating group) is 1. The van der Waals surface area contributed by atoms with Gasteiger partial charge in [-0.15, -0.1) is 0 Å². The fraction of sp³-hybridized carbons (Fsp3) is 0.600. The molecule has 1 heterocycles. The molecule has 0 radical (unpaired) electrons. The lowest BCUT2D eigenvalue weighted by Gasteiger charge is -2.26. The molecule has 1 aromatic rings. The third kappa shape index (κ3) is 2.63. The van der Waals surface area contributed by atoms with E-state index in [1.54, 1.807) is 0 Å². The van der Waals surface area contributed by atoms with Crippen molar-refractivity contribution in [1.82, 2.24) is 5.32 Å². The third-order valence-corrected chi connectivity index (χ3v) is 4.10. The maximum atomic E-state index is 3.56. The standard InChI is InChI=1S/C15H24N2/c1-11-7-8-15(13(3)12(11)2)17(4)10-14-6-5-9-16-14/h7-8,14,16H,5-6,9-10H2,1-4H3. The number of nitrogens with zero attached hydrogens (tertiary/aromatic N) is 1. The lowest BCUT2D eigenvalue weighted by Crippen LogP contribution is -2.35. The van der Waals surface area contributed by atoms with Crippen molar-refractivity contribution >= 4 is 5.69 Å². The summed E-state index contributed by atoms with van der Waals surface area (Å²) >= 11 is 0. The Hall–Kier alpha value is -1.02. The summed E-state index contributed by atoms with van der Waals surface area (Å²) in [6.45, 7) is 8.93. The Kier molecular flexibility index (Phi) is 3.72. The quantitative estimate of drug-likeness (QED) is 0.862. The molecule has 0 spiro atoms. The zero-order valence-corrected chi connectivity index (χ0v) is 11.5. The highest BCUT2D eigenvalue weighted by atomic mass is 15.1. The molecule has 2 rings (SSSR count). The summed E-state index contributed by atoms with van der Waals surface area (Å²) in [5, 5.41) is 3.56. The van der Waals surface area contributed by atoms with Gasteiger partial charge in [0.25, 0.3) is 0 Å². The minimum absolute atomic E-state index is 0.668. The van der Waals surface area contributed by atoms with Crippen LogP contribution in [0.2, 0.25) is 0 Å². The van der Waals surface area contributed by atoms with Crippen LogP contribution < -0.4 is 10.2 Å². The number of benzene rings is 1. The molecular weight excluding hydrogens is 208 g/mol. The van der Waals surface area contributed by atoms with E-state index >= 15 is 0 Å². The molecule has 1 aliphatic heterocycles. The second kappa shape index (κ2) is 5.09. The second-order valence-electron chi connectivity index (χ2n) is 5.33. The van der Waals surface area contributed by atoms with Gasteiger partial charge < -0.3 is 10.2 Å². The number of hydrogen-bond acceptors (Lipinski definition) is 2. The molecule has 1 aromatic carbocycles. The normalized spacial score (nSPS) is 19.6. The largest absolute Gasteiger partial charge is 0.373 e. The van der Waals surface area contributed by atoms with Crippen molar-refractivity contribution in [2.24, 2.45) is 0 Å². The van der Waals surface area contributed by atoms with E-state index in [4.69, 9.17) is 0 Å². The number of hydrogen-bond donors (Lipinski definition) is 1. The lowest BCUT2D eigenvalue weighted by molar-refractivity contribution is 0.599. The van der Waals surface area contributed by atoms with Crippen molar-refractivity contribution in [2.75, 3.05) is 25.0 Å². The van der Waals surface area contributed by atoms with Crippen LogP contribution in [0.25, 0.3) is 0 Å². The van der Waals surface area contributed by atoms with E-state index in [1.165, 1.54) is 41.8 Å². The minimum Gasteiger partial charge on any atom is -0.373 e. The first kappa shape index (κ1) is 12.4. The predicted octanol–water partition coefficient (Wildman–Crippen LogP) is 2.80. The first-order chi connectivity index (χ1) is 8.09. The number of aryl methyl sites for hydroxylation is 1. The van der Waals surface area contributed by atoms with Crippen molar-refractivity contribution in [3.8, 4) is 0 Å². The second-order valence-corrected chi connectivity index (χ2v) is 5.33. The van der Waals surface area contributed by atoms with Crippen LogP contribution in [-0.2, 0) is 0 Å². The molecule has 2 nitrogen and oxygen atoms in total. The van der Waals surface area contributed by atoms with Gasteiger partial charge in [0.05, 0.1) is 0 Å². The zero-order chi connectivity index (χ0) is 12.4. The summed E-state index contributed by atoms with van der Waals surface area (Å²) in [6.07, 6.45) is 2.64. The maximum Gasteiger partial charge on any atom is 0.0396 e. The molecular formula is C15H24N2. The van der Waals surface area contributed by atoms with Crippen LogP contribution in [0.15, 0.2) is 12.1 Å². The summed E-state index contributed by atoms with van der Waals surface area (Å²) < 4.78 is 0. The molecule has 1 unspecified atom stereocenters. The van der Waals surface area contributed by atoms with Crippen molar-refractivity contribution in [3.63, 3.8) is 0 Å². The van der Waals surface area contributed by atoms with Gasteiger partial charge in [0, 0.05) is 25.3 Å². The smallest absolute Gasteiger partial charge is 0.0396 e. The fourth-order valence-electron chi connectivity index (χ4n) is 2.70. The van der Waals surface area contributed by atoms with Gasteiger partial charge >= 0.3 is 0 Å². The molecule has 0 aliphatic carbocycles. The molecule has 17 heavy (non-hydrogen) atoms. The van der Waals surface area contributed by atoms with Crippen molar-refractivity contribution in [2.45, 2.75) is 39.7 Å². The summed E-state index contributed by atoms with van der Waals surface area (Å²) in [6, 6.07) is 5.16. The van der Waals surface area contributed by atoms with Crippen molar-refractivity contribution < 1.29 is 0 Å². The van der Waals surface area contributed by atoms with E-state index < -0.39 is 0 Å². The van der Waals surface area contributed by atoms with Crippen LogP contribution in [0.1, 0.15) is 29.5 Å². The van der Waals surface area contributed by atoms with Crippen LogP contribution in [-0.4, -0.2) is 26.2 Å². The molecule has 94 valence electrons. The summed E-state index contributed by atoms with van der Waals surface area (Å²) in [7, 11) is 2.21. The number of rotatable bonds is 3. The van der Waals surface area contributed by atoms with Gasteiger partial charge in [0.15, 0.2) is 0 Å². The molecule has 1 saturated heterocycles. The molecule has 0 saturated carbocycles. The first-order valence-corrected chi connectivity index (χ1v) is 6.61. The van der Waals surface area contributed by atoms with E-state index in [-0.39, 0.29) is 0 Å². The Morgan fingerprint density at radius 3 is 2.65 bits per heavy atom. The van der Waals surface area contributed by atoms with Crippen LogP contribution in [0.5, 0.6) is 0 Å². The summed E-state index contributed by atoms with van der Waals surface area (Å²) in [4.78, 5) is 2.39. The minimum atomic E-state index is 0.668. The Morgan fingerprint density at radius 2 is 2.00 bits per heavy atom. The van der Waals surface area contributed by atoms with Gasteiger partial charge in [-0.2, -0.15) is 0 Å².